The molecule has 0 aliphatic heterocycles. The first-order valence-electron chi connectivity index (χ1n) is 19.7. The van der Waals surface area contributed by atoms with E-state index >= 15 is 0 Å². The van der Waals surface area contributed by atoms with E-state index < -0.39 is 0 Å². The second-order valence-corrected chi connectivity index (χ2v) is 14.7. The summed E-state index contributed by atoms with van der Waals surface area (Å²) in [4.78, 5) is 10.3. The van der Waals surface area contributed by atoms with Crippen LogP contribution in [0, 0.1) is 0 Å². The number of fused-ring (bicyclic) bond motifs is 5. The molecule has 11 aromatic rings. The minimum atomic E-state index is 0.688. The fourth-order valence-corrected chi connectivity index (χ4v) is 8.39. The minimum Gasteiger partial charge on any atom is -0.316 e. The molecule has 58 heavy (non-hydrogen) atoms. The molecule has 0 saturated heterocycles. The van der Waals surface area contributed by atoms with Crippen LogP contribution in [0.1, 0.15) is 0 Å². The van der Waals surface area contributed by atoms with Crippen LogP contribution in [0.3, 0.4) is 0 Å². The van der Waals surface area contributed by atoms with E-state index in [1.54, 1.807) is 0 Å². The molecule has 8 aromatic carbocycles. The Kier molecular flexibility index (Phi) is 8.11. The van der Waals surface area contributed by atoms with E-state index in [1.807, 2.05) is 12.1 Å². The van der Waals surface area contributed by atoms with Crippen LogP contribution in [0.25, 0.3) is 100 Å². The Hall–Kier alpha value is -7.82. The van der Waals surface area contributed by atoms with Gasteiger partial charge in [0, 0.05) is 50.4 Å². The van der Waals surface area contributed by atoms with Crippen molar-refractivity contribution in [3.63, 3.8) is 0 Å². The first-order chi connectivity index (χ1) is 28.7. The van der Waals surface area contributed by atoms with Crippen LogP contribution < -0.4 is 0 Å². The summed E-state index contributed by atoms with van der Waals surface area (Å²) in [6, 6.07) is 75.3. The molecule has 0 spiro atoms. The molecule has 0 fully saturated rings. The van der Waals surface area contributed by atoms with E-state index in [1.165, 1.54) is 49.4 Å². The molecule has 0 aliphatic carbocycles. The van der Waals surface area contributed by atoms with Crippen molar-refractivity contribution in [3.05, 3.63) is 219 Å². The van der Waals surface area contributed by atoms with Crippen LogP contribution in [0.4, 0.5) is 0 Å². The number of aromatic nitrogens is 4. The second kappa shape index (κ2) is 14.0. The molecule has 4 heteroatoms. The number of rotatable bonds is 7. The average Bonchev–Trinajstić information content (AvgIpc) is 3.90. The molecule has 0 N–H and O–H groups in total. The maximum atomic E-state index is 5.13. The van der Waals surface area contributed by atoms with Gasteiger partial charge in [-0.2, -0.15) is 0 Å². The molecule has 0 amide bonds. The largest absolute Gasteiger partial charge is 0.316 e. The van der Waals surface area contributed by atoms with Crippen molar-refractivity contribution in [2.24, 2.45) is 0 Å². The average molecular weight is 741 g/mol. The highest BCUT2D eigenvalue weighted by molar-refractivity contribution is 6.18. The maximum Gasteiger partial charge on any atom is 0.160 e. The Labute approximate surface area is 336 Å². The Balaban J connectivity index is 1.09. The zero-order valence-electron chi connectivity index (χ0n) is 31.6. The van der Waals surface area contributed by atoms with E-state index in [0.29, 0.717) is 5.82 Å². The highest BCUT2D eigenvalue weighted by Gasteiger charge is 2.19. The standard InChI is InChI=1S/C54H36N4/c1-5-16-37(17-6-1)42-32-43(38-18-7-2-8-19-38)35-45(34-42)58-52-27-14-13-26-46(52)47-28-29-51-48(53(47)58)30-31-57(51)44-25-15-24-41(33-44)54-55-49(39-20-9-3-10-21-39)36-50(56-54)40-22-11-4-12-23-40/h1-36H. The highest BCUT2D eigenvalue weighted by Crippen LogP contribution is 2.40. The third kappa shape index (κ3) is 5.87. The van der Waals surface area contributed by atoms with E-state index in [0.717, 1.165) is 45.0 Å². The van der Waals surface area contributed by atoms with Crippen molar-refractivity contribution in [2.75, 3.05) is 0 Å². The van der Waals surface area contributed by atoms with Crippen molar-refractivity contribution in [1.82, 2.24) is 19.1 Å². The van der Waals surface area contributed by atoms with E-state index in [4.69, 9.17) is 9.97 Å². The number of hydrogen-bond acceptors (Lipinski definition) is 2. The van der Waals surface area contributed by atoms with Crippen LogP contribution >= 0.6 is 0 Å². The SMILES string of the molecule is c1ccc(-c2cc(-c3ccccc3)cc(-n3c4ccccc4c4ccc5c(ccn5-c5cccc(-c6nc(-c7ccccc7)cc(-c7ccccc7)n6)c5)c43)c2)cc1. The van der Waals surface area contributed by atoms with Crippen molar-refractivity contribution < 1.29 is 0 Å². The molecule has 3 aromatic heterocycles. The van der Waals surface area contributed by atoms with Gasteiger partial charge in [0.05, 0.1) is 27.9 Å². The summed E-state index contributed by atoms with van der Waals surface area (Å²) in [6.45, 7) is 0. The normalized spacial score (nSPS) is 11.4. The van der Waals surface area contributed by atoms with Crippen molar-refractivity contribution in [1.29, 1.82) is 0 Å². The van der Waals surface area contributed by atoms with E-state index in [9.17, 15) is 0 Å². The van der Waals surface area contributed by atoms with Crippen molar-refractivity contribution in [3.8, 4) is 67.5 Å². The van der Waals surface area contributed by atoms with Gasteiger partial charge in [-0.1, -0.05) is 158 Å². The Morgan fingerprint density at radius 3 is 1.47 bits per heavy atom. The van der Waals surface area contributed by atoms with Gasteiger partial charge in [-0.3, -0.25) is 0 Å². The predicted octanol–water partition coefficient (Wildman–Crippen LogP) is 13.9. The lowest BCUT2D eigenvalue weighted by atomic mass is 9.98. The molecule has 0 radical (unpaired) electrons. The van der Waals surface area contributed by atoms with Crippen LogP contribution in [-0.2, 0) is 0 Å². The number of benzene rings is 8. The fraction of sp³-hybridized carbons (Fsp3) is 0. The number of hydrogen-bond donors (Lipinski definition) is 0. The molecule has 4 nitrogen and oxygen atoms in total. The topological polar surface area (TPSA) is 35.6 Å². The van der Waals surface area contributed by atoms with E-state index in [-0.39, 0.29) is 0 Å². The van der Waals surface area contributed by atoms with Crippen molar-refractivity contribution in [2.45, 2.75) is 0 Å². The molecule has 272 valence electrons. The van der Waals surface area contributed by atoms with E-state index in [2.05, 4.69) is 216 Å². The summed E-state index contributed by atoms with van der Waals surface area (Å²) in [7, 11) is 0. The molecular weight excluding hydrogens is 705 g/mol. The quantitative estimate of drug-likeness (QED) is 0.163. The zero-order chi connectivity index (χ0) is 38.4. The lowest BCUT2D eigenvalue weighted by Crippen LogP contribution is -1.98. The van der Waals surface area contributed by atoms with Gasteiger partial charge in [-0.15, -0.1) is 0 Å². The van der Waals surface area contributed by atoms with Gasteiger partial charge >= 0.3 is 0 Å². The summed E-state index contributed by atoms with van der Waals surface area (Å²) in [5, 5.41) is 3.63. The summed E-state index contributed by atoms with van der Waals surface area (Å²) >= 11 is 0. The van der Waals surface area contributed by atoms with Gasteiger partial charge in [0.25, 0.3) is 0 Å². The summed E-state index contributed by atoms with van der Waals surface area (Å²) in [6.07, 6.45) is 2.19. The van der Waals surface area contributed by atoms with Gasteiger partial charge < -0.3 is 9.13 Å². The Morgan fingerprint density at radius 2 is 0.845 bits per heavy atom. The highest BCUT2D eigenvalue weighted by atomic mass is 15.0. The fourth-order valence-electron chi connectivity index (χ4n) is 8.39. The van der Waals surface area contributed by atoms with Gasteiger partial charge in [-0.25, -0.2) is 9.97 Å². The minimum absolute atomic E-state index is 0.688. The molecule has 0 bridgehead atoms. The van der Waals surface area contributed by atoms with Gasteiger partial charge in [0.1, 0.15) is 0 Å². The lowest BCUT2D eigenvalue weighted by molar-refractivity contribution is 1.12. The summed E-state index contributed by atoms with van der Waals surface area (Å²) in [5.41, 5.74) is 15.2. The third-order valence-corrected chi connectivity index (χ3v) is 11.1. The number of nitrogens with zero attached hydrogens (tertiary/aromatic N) is 4. The molecule has 11 rings (SSSR count). The van der Waals surface area contributed by atoms with Gasteiger partial charge in [0.2, 0.25) is 0 Å². The first-order valence-corrected chi connectivity index (χ1v) is 19.7. The van der Waals surface area contributed by atoms with Gasteiger partial charge in [-0.05, 0) is 76.9 Å². The summed E-state index contributed by atoms with van der Waals surface area (Å²) in [5.74, 6) is 0.688. The van der Waals surface area contributed by atoms with Crippen LogP contribution in [0.2, 0.25) is 0 Å². The Bertz CT molecular complexity index is 3140. The number of para-hydroxylation sites is 1. The van der Waals surface area contributed by atoms with Crippen LogP contribution in [-0.4, -0.2) is 19.1 Å². The van der Waals surface area contributed by atoms with Crippen molar-refractivity contribution >= 4 is 32.7 Å². The monoisotopic (exact) mass is 740 g/mol. The first kappa shape index (κ1) is 33.5. The third-order valence-electron chi connectivity index (χ3n) is 11.1. The summed E-state index contributed by atoms with van der Waals surface area (Å²) < 4.78 is 4.75. The smallest absolute Gasteiger partial charge is 0.160 e. The molecular formula is C54H36N4. The van der Waals surface area contributed by atoms with Crippen LogP contribution in [0.5, 0.6) is 0 Å². The van der Waals surface area contributed by atoms with Crippen LogP contribution in [0.15, 0.2) is 219 Å². The maximum absolute atomic E-state index is 5.13. The molecule has 0 aliphatic rings. The molecule has 0 saturated carbocycles. The predicted molar refractivity (Wildman–Crippen MR) is 240 cm³/mol. The molecule has 3 heterocycles. The lowest BCUT2D eigenvalue weighted by Gasteiger charge is -2.15. The Morgan fingerprint density at radius 1 is 0.310 bits per heavy atom. The molecule has 0 atom stereocenters. The van der Waals surface area contributed by atoms with Gasteiger partial charge in [0.15, 0.2) is 5.82 Å². The second-order valence-electron chi connectivity index (χ2n) is 14.7. The molecule has 0 unspecified atom stereocenters. The zero-order valence-corrected chi connectivity index (χ0v) is 31.6.